The highest BCUT2D eigenvalue weighted by Gasteiger charge is 2.16. The Labute approximate surface area is 159 Å². The van der Waals surface area contributed by atoms with Crippen molar-refractivity contribution < 1.29 is 14.3 Å². The molecule has 8 heteroatoms. The van der Waals surface area contributed by atoms with Crippen molar-refractivity contribution in [2.75, 3.05) is 40.9 Å². The molecule has 1 aromatic carbocycles. The molecule has 26 heavy (non-hydrogen) atoms. The second-order valence-electron chi connectivity index (χ2n) is 6.29. The lowest BCUT2D eigenvalue weighted by molar-refractivity contribution is -0.127. The molecule has 1 atom stereocenters. The number of likely N-dealkylation sites (N-methyl/N-ethyl adjacent to an activating group) is 1. The highest BCUT2D eigenvalue weighted by atomic mass is 35.5. The Bertz CT molecular complexity index is 631. The van der Waals surface area contributed by atoms with Crippen LogP contribution in [0, 0.1) is 0 Å². The molecule has 0 radical (unpaired) electrons. The Hall–Kier alpha value is -1.99. The summed E-state index contributed by atoms with van der Waals surface area (Å²) in [6, 6.07) is 5.55. The monoisotopic (exact) mass is 382 g/mol. The lowest BCUT2D eigenvalue weighted by Gasteiger charge is -2.17. The van der Waals surface area contributed by atoms with E-state index < -0.39 is 0 Å². The van der Waals surface area contributed by atoms with Crippen LogP contribution in [0.4, 0.5) is 0 Å². The van der Waals surface area contributed by atoms with E-state index in [4.69, 9.17) is 21.1 Å². The number of benzene rings is 1. The molecule has 1 aliphatic rings. The van der Waals surface area contributed by atoms with Crippen LogP contribution in [-0.2, 0) is 16.1 Å². The number of halogens is 1. The van der Waals surface area contributed by atoms with Crippen LogP contribution in [-0.4, -0.2) is 63.8 Å². The van der Waals surface area contributed by atoms with Crippen molar-refractivity contribution in [3.05, 3.63) is 28.8 Å². The van der Waals surface area contributed by atoms with E-state index in [2.05, 4.69) is 15.6 Å². The van der Waals surface area contributed by atoms with Gasteiger partial charge >= 0.3 is 0 Å². The largest absolute Gasteiger partial charge is 0.495 e. The first-order valence-electron chi connectivity index (χ1n) is 8.66. The summed E-state index contributed by atoms with van der Waals surface area (Å²) in [7, 11) is 5.03. The average Bonchev–Trinajstić information content (AvgIpc) is 3.14. The minimum Gasteiger partial charge on any atom is -0.495 e. The summed E-state index contributed by atoms with van der Waals surface area (Å²) in [6.07, 6.45) is 2.29. The second kappa shape index (κ2) is 10.2. The maximum absolute atomic E-state index is 11.8. The number of hydrogen-bond donors (Lipinski definition) is 2. The number of nitrogens with one attached hydrogen (secondary N) is 2. The van der Waals surface area contributed by atoms with E-state index in [1.165, 1.54) is 4.90 Å². The van der Waals surface area contributed by atoms with Gasteiger partial charge in [0.15, 0.2) is 5.96 Å². The molecule has 1 amide bonds. The summed E-state index contributed by atoms with van der Waals surface area (Å²) in [5.74, 6) is 1.18. The van der Waals surface area contributed by atoms with Crippen LogP contribution in [0.15, 0.2) is 23.2 Å². The Kier molecular flexibility index (Phi) is 8.00. The Morgan fingerprint density at radius 2 is 2.23 bits per heavy atom. The number of nitrogens with zero attached hydrogens (tertiary/aromatic N) is 2. The van der Waals surface area contributed by atoms with Crippen LogP contribution in [0.5, 0.6) is 5.75 Å². The van der Waals surface area contributed by atoms with E-state index in [9.17, 15) is 4.79 Å². The molecular weight excluding hydrogens is 356 g/mol. The molecule has 0 aromatic heterocycles. The van der Waals surface area contributed by atoms with Crippen molar-refractivity contribution in [2.24, 2.45) is 4.99 Å². The zero-order valence-electron chi connectivity index (χ0n) is 15.5. The van der Waals surface area contributed by atoms with E-state index in [1.54, 1.807) is 21.2 Å². The fourth-order valence-electron chi connectivity index (χ4n) is 2.49. The number of aliphatic imine (C=N–C) groups is 1. The number of carbonyl (C=O) groups excluding carboxylic acids is 1. The summed E-state index contributed by atoms with van der Waals surface area (Å²) in [4.78, 5) is 17.9. The van der Waals surface area contributed by atoms with Gasteiger partial charge in [-0.25, -0.2) is 4.99 Å². The van der Waals surface area contributed by atoms with Gasteiger partial charge in [-0.15, -0.1) is 0 Å². The molecule has 1 aromatic rings. The predicted molar refractivity (Wildman–Crippen MR) is 103 cm³/mol. The van der Waals surface area contributed by atoms with E-state index in [-0.39, 0.29) is 18.6 Å². The molecule has 0 bridgehead atoms. The molecule has 144 valence electrons. The molecular formula is C18H27ClN4O3. The van der Waals surface area contributed by atoms with E-state index in [1.807, 2.05) is 18.2 Å². The zero-order valence-corrected chi connectivity index (χ0v) is 16.3. The highest BCUT2D eigenvalue weighted by molar-refractivity contribution is 6.32. The van der Waals surface area contributed by atoms with Crippen LogP contribution >= 0.6 is 11.6 Å². The fourth-order valence-corrected chi connectivity index (χ4v) is 2.77. The van der Waals surface area contributed by atoms with Gasteiger partial charge in [0, 0.05) is 27.2 Å². The first-order chi connectivity index (χ1) is 12.5. The topological polar surface area (TPSA) is 75.2 Å². The summed E-state index contributed by atoms with van der Waals surface area (Å²) in [6.45, 7) is 2.07. The van der Waals surface area contributed by atoms with Gasteiger partial charge in [-0.2, -0.15) is 0 Å². The van der Waals surface area contributed by atoms with Gasteiger partial charge in [0.05, 0.1) is 31.3 Å². The number of amides is 1. The minimum atomic E-state index is -0.0240. The molecule has 2 rings (SSSR count). The van der Waals surface area contributed by atoms with Gasteiger partial charge in [0.2, 0.25) is 5.91 Å². The van der Waals surface area contributed by atoms with E-state index in [0.717, 1.165) is 25.0 Å². The van der Waals surface area contributed by atoms with E-state index >= 15 is 0 Å². The van der Waals surface area contributed by atoms with E-state index in [0.29, 0.717) is 29.8 Å². The molecule has 7 nitrogen and oxygen atoms in total. The number of ether oxygens (including phenoxy) is 2. The van der Waals surface area contributed by atoms with Crippen molar-refractivity contribution in [1.29, 1.82) is 0 Å². The summed E-state index contributed by atoms with van der Waals surface area (Å²) < 4.78 is 10.8. The van der Waals surface area contributed by atoms with Crippen molar-refractivity contribution in [2.45, 2.75) is 25.5 Å². The normalized spacial score (nSPS) is 17.1. The van der Waals surface area contributed by atoms with Crippen molar-refractivity contribution in [1.82, 2.24) is 15.5 Å². The van der Waals surface area contributed by atoms with Crippen LogP contribution < -0.4 is 15.4 Å². The maximum atomic E-state index is 11.8. The fraction of sp³-hybridized carbons (Fsp3) is 0.556. The summed E-state index contributed by atoms with van der Waals surface area (Å²) >= 11 is 6.16. The Morgan fingerprint density at radius 3 is 2.85 bits per heavy atom. The number of rotatable bonds is 7. The molecule has 1 saturated heterocycles. The number of carbonyl (C=O) groups is 1. The molecule has 0 saturated carbocycles. The molecule has 1 aliphatic heterocycles. The molecule has 2 N–H and O–H groups in total. The molecule has 1 heterocycles. The first-order valence-corrected chi connectivity index (χ1v) is 9.03. The van der Waals surface area contributed by atoms with Gasteiger partial charge in [0.1, 0.15) is 5.75 Å². The molecule has 1 fully saturated rings. The number of methoxy groups -OCH3 is 1. The average molecular weight is 383 g/mol. The van der Waals surface area contributed by atoms with Crippen LogP contribution in [0.3, 0.4) is 0 Å². The lowest BCUT2D eigenvalue weighted by Crippen LogP contribution is -2.45. The number of hydrogen-bond acceptors (Lipinski definition) is 4. The van der Waals surface area contributed by atoms with Gasteiger partial charge in [-0.1, -0.05) is 17.7 Å². The Morgan fingerprint density at radius 1 is 1.42 bits per heavy atom. The minimum absolute atomic E-state index is 0.0240. The third-order valence-corrected chi connectivity index (χ3v) is 4.36. The molecule has 1 unspecified atom stereocenters. The smallest absolute Gasteiger partial charge is 0.241 e. The van der Waals surface area contributed by atoms with Gasteiger partial charge in [0.25, 0.3) is 0 Å². The van der Waals surface area contributed by atoms with Crippen LogP contribution in [0.1, 0.15) is 18.4 Å². The van der Waals surface area contributed by atoms with Crippen molar-refractivity contribution in [3.8, 4) is 5.75 Å². The quantitative estimate of drug-likeness (QED) is 0.554. The van der Waals surface area contributed by atoms with Gasteiger partial charge < -0.3 is 25.0 Å². The summed E-state index contributed by atoms with van der Waals surface area (Å²) in [5, 5.41) is 6.86. The zero-order chi connectivity index (χ0) is 18.9. The third-order valence-electron chi connectivity index (χ3n) is 4.06. The maximum Gasteiger partial charge on any atom is 0.241 e. The van der Waals surface area contributed by atoms with Gasteiger partial charge in [-0.3, -0.25) is 4.79 Å². The number of guanidine groups is 1. The summed E-state index contributed by atoms with van der Waals surface area (Å²) in [5.41, 5.74) is 0.952. The highest BCUT2D eigenvalue weighted by Crippen LogP contribution is 2.25. The molecule has 0 aliphatic carbocycles. The first kappa shape index (κ1) is 20.3. The van der Waals surface area contributed by atoms with Crippen molar-refractivity contribution in [3.63, 3.8) is 0 Å². The standard InChI is InChI=1S/C18H27ClN4O3/c1-23(2)17(24)12-22-18(21-11-14-5-4-8-26-14)20-10-13-6-7-16(25-3)15(19)9-13/h6-7,9,14H,4-5,8,10-12H2,1-3H3,(H2,20,21,22). The molecule has 0 spiro atoms. The Balaban J connectivity index is 1.98. The van der Waals surface area contributed by atoms with Crippen LogP contribution in [0.25, 0.3) is 0 Å². The third kappa shape index (κ3) is 6.38. The van der Waals surface area contributed by atoms with Crippen LogP contribution in [0.2, 0.25) is 5.02 Å². The predicted octanol–water partition coefficient (Wildman–Crippen LogP) is 1.65. The SMILES string of the molecule is COc1ccc(CN=C(NCC(=O)N(C)C)NCC2CCCO2)cc1Cl. The van der Waals surface area contributed by atoms with Gasteiger partial charge in [-0.05, 0) is 30.5 Å². The van der Waals surface area contributed by atoms with Crippen molar-refractivity contribution >= 4 is 23.5 Å². The lowest BCUT2D eigenvalue weighted by atomic mass is 10.2. The second-order valence-corrected chi connectivity index (χ2v) is 6.70.